The highest BCUT2D eigenvalue weighted by Gasteiger charge is 2.39. The molecule has 0 saturated heterocycles. The Morgan fingerprint density at radius 1 is 0.833 bits per heavy atom. The summed E-state index contributed by atoms with van der Waals surface area (Å²) in [5, 5.41) is 3.93. The Balaban J connectivity index is 1.89. The Kier molecular flexibility index (Phi) is 4.08. The van der Waals surface area contributed by atoms with Crippen LogP contribution in [0.2, 0.25) is 0 Å². The first-order valence-electron chi connectivity index (χ1n) is 7.77. The minimum Gasteiger partial charge on any atom is -0.328 e. The molecule has 0 aromatic heterocycles. The molecule has 106 valence electrons. The smallest absolute Gasteiger partial charge is 0.00798 e. The molecular weight excluding hydrogens is 220 g/mol. The van der Waals surface area contributed by atoms with E-state index >= 15 is 0 Å². The molecule has 2 fully saturated rings. The maximum atomic E-state index is 5.99. The van der Waals surface area contributed by atoms with Gasteiger partial charge < -0.3 is 11.1 Å². The molecule has 2 nitrogen and oxygen atoms in total. The molecular formula is C16H32N2. The van der Waals surface area contributed by atoms with Crippen LogP contribution in [-0.4, -0.2) is 18.1 Å². The van der Waals surface area contributed by atoms with E-state index in [9.17, 15) is 0 Å². The molecule has 2 rings (SSSR count). The van der Waals surface area contributed by atoms with E-state index in [-0.39, 0.29) is 0 Å². The topological polar surface area (TPSA) is 38.0 Å². The fourth-order valence-electron chi connectivity index (χ4n) is 4.58. The predicted molar refractivity (Wildman–Crippen MR) is 78.6 cm³/mol. The Labute approximate surface area is 113 Å². The maximum Gasteiger partial charge on any atom is 0.00798 e. The highest BCUT2D eigenvalue weighted by Crippen LogP contribution is 2.45. The Bertz CT molecular complexity index is 259. The summed E-state index contributed by atoms with van der Waals surface area (Å²) in [7, 11) is 0. The lowest BCUT2D eigenvalue weighted by molar-refractivity contribution is 0.0772. The van der Waals surface area contributed by atoms with Crippen LogP contribution < -0.4 is 11.1 Å². The number of hydrogen-bond acceptors (Lipinski definition) is 2. The van der Waals surface area contributed by atoms with Crippen LogP contribution in [0.4, 0.5) is 0 Å². The van der Waals surface area contributed by atoms with Gasteiger partial charge in [-0.1, -0.05) is 27.7 Å². The fourth-order valence-corrected chi connectivity index (χ4v) is 4.58. The van der Waals surface area contributed by atoms with Crippen molar-refractivity contribution in [2.45, 2.75) is 90.8 Å². The van der Waals surface area contributed by atoms with Gasteiger partial charge >= 0.3 is 0 Å². The SMILES string of the molecule is CC1(C)CC(NC2CCC(N)CC2)CC(C)(C)C1. The van der Waals surface area contributed by atoms with Gasteiger partial charge in [0.15, 0.2) is 0 Å². The predicted octanol–water partition coefficient (Wildman–Crippen LogP) is 3.45. The third kappa shape index (κ3) is 3.96. The van der Waals surface area contributed by atoms with Crippen LogP contribution in [0.25, 0.3) is 0 Å². The third-order valence-corrected chi connectivity index (χ3v) is 4.80. The summed E-state index contributed by atoms with van der Waals surface area (Å²) in [6.07, 6.45) is 8.98. The van der Waals surface area contributed by atoms with Crippen molar-refractivity contribution in [2.75, 3.05) is 0 Å². The molecule has 0 radical (unpaired) electrons. The summed E-state index contributed by atoms with van der Waals surface area (Å²) in [4.78, 5) is 0. The minimum absolute atomic E-state index is 0.460. The monoisotopic (exact) mass is 252 g/mol. The van der Waals surface area contributed by atoms with E-state index in [1.54, 1.807) is 0 Å². The summed E-state index contributed by atoms with van der Waals surface area (Å²) < 4.78 is 0. The standard InChI is InChI=1S/C16H32N2/c1-15(2)9-14(10-16(3,4)11-15)18-13-7-5-12(17)6-8-13/h12-14,18H,5-11,17H2,1-4H3. The van der Waals surface area contributed by atoms with E-state index in [2.05, 4.69) is 33.0 Å². The first-order valence-corrected chi connectivity index (χ1v) is 7.77. The van der Waals surface area contributed by atoms with E-state index in [0.717, 1.165) is 6.04 Å². The lowest BCUT2D eigenvalue weighted by Crippen LogP contribution is -2.49. The second kappa shape index (κ2) is 5.13. The largest absolute Gasteiger partial charge is 0.328 e. The zero-order valence-corrected chi connectivity index (χ0v) is 12.8. The molecule has 0 unspecified atom stereocenters. The number of hydrogen-bond donors (Lipinski definition) is 2. The van der Waals surface area contributed by atoms with Crippen LogP contribution in [0.1, 0.15) is 72.6 Å². The molecule has 0 atom stereocenters. The van der Waals surface area contributed by atoms with Crippen molar-refractivity contribution in [3.05, 3.63) is 0 Å². The van der Waals surface area contributed by atoms with E-state index in [1.807, 2.05) is 0 Å². The molecule has 0 aromatic carbocycles. The maximum absolute atomic E-state index is 5.99. The van der Waals surface area contributed by atoms with Gasteiger partial charge in [0, 0.05) is 18.1 Å². The van der Waals surface area contributed by atoms with Gasteiger partial charge in [0.2, 0.25) is 0 Å². The Morgan fingerprint density at radius 2 is 1.33 bits per heavy atom. The van der Waals surface area contributed by atoms with E-state index in [0.29, 0.717) is 22.9 Å². The molecule has 0 aromatic rings. The van der Waals surface area contributed by atoms with Gasteiger partial charge in [0.25, 0.3) is 0 Å². The van der Waals surface area contributed by atoms with Crippen LogP contribution >= 0.6 is 0 Å². The molecule has 2 aliphatic rings. The molecule has 0 amide bonds. The van der Waals surface area contributed by atoms with Crippen LogP contribution in [0, 0.1) is 10.8 Å². The van der Waals surface area contributed by atoms with Crippen molar-refractivity contribution in [3.63, 3.8) is 0 Å². The van der Waals surface area contributed by atoms with Crippen LogP contribution in [-0.2, 0) is 0 Å². The third-order valence-electron chi connectivity index (χ3n) is 4.80. The Morgan fingerprint density at radius 3 is 1.83 bits per heavy atom. The molecule has 2 saturated carbocycles. The van der Waals surface area contributed by atoms with Crippen molar-refractivity contribution in [3.8, 4) is 0 Å². The number of nitrogens with two attached hydrogens (primary N) is 1. The number of nitrogens with one attached hydrogen (secondary N) is 1. The van der Waals surface area contributed by atoms with Crippen LogP contribution in [0.15, 0.2) is 0 Å². The van der Waals surface area contributed by atoms with Gasteiger partial charge in [0.05, 0.1) is 0 Å². The molecule has 3 N–H and O–H groups in total. The Hall–Kier alpha value is -0.0800. The van der Waals surface area contributed by atoms with Crippen LogP contribution in [0.5, 0.6) is 0 Å². The lowest BCUT2D eigenvalue weighted by atomic mass is 9.63. The summed E-state index contributed by atoms with van der Waals surface area (Å²) in [6, 6.07) is 1.89. The van der Waals surface area contributed by atoms with E-state index < -0.39 is 0 Å². The molecule has 2 heteroatoms. The van der Waals surface area contributed by atoms with Gasteiger partial charge in [-0.05, 0) is 55.8 Å². The molecule has 0 bridgehead atoms. The molecule has 0 heterocycles. The van der Waals surface area contributed by atoms with Crippen molar-refractivity contribution in [1.82, 2.24) is 5.32 Å². The second-order valence-electron chi connectivity index (χ2n) is 8.39. The highest BCUT2D eigenvalue weighted by atomic mass is 15.0. The van der Waals surface area contributed by atoms with E-state index in [1.165, 1.54) is 44.9 Å². The van der Waals surface area contributed by atoms with Gasteiger partial charge in [0.1, 0.15) is 0 Å². The second-order valence-corrected chi connectivity index (χ2v) is 8.39. The van der Waals surface area contributed by atoms with Crippen LogP contribution in [0.3, 0.4) is 0 Å². The van der Waals surface area contributed by atoms with Gasteiger partial charge in [-0.15, -0.1) is 0 Å². The quantitative estimate of drug-likeness (QED) is 0.790. The van der Waals surface area contributed by atoms with Gasteiger partial charge in [-0.25, -0.2) is 0 Å². The normalized spacial score (nSPS) is 36.5. The fraction of sp³-hybridized carbons (Fsp3) is 1.00. The molecule has 18 heavy (non-hydrogen) atoms. The van der Waals surface area contributed by atoms with Gasteiger partial charge in [-0.3, -0.25) is 0 Å². The average molecular weight is 252 g/mol. The summed E-state index contributed by atoms with van der Waals surface area (Å²) >= 11 is 0. The van der Waals surface area contributed by atoms with Gasteiger partial charge in [-0.2, -0.15) is 0 Å². The number of rotatable bonds is 2. The molecule has 0 spiro atoms. The van der Waals surface area contributed by atoms with Crippen molar-refractivity contribution in [1.29, 1.82) is 0 Å². The van der Waals surface area contributed by atoms with Crippen molar-refractivity contribution < 1.29 is 0 Å². The van der Waals surface area contributed by atoms with E-state index in [4.69, 9.17) is 5.73 Å². The van der Waals surface area contributed by atoms with Crippen molar-refractivity contribution in [2.24, 2.45) is 16.6 Å². The average Bonchev–Trinajstić information content (AvgIpc) is 2.16. The minimum atomic E-state index is 0.460. The first-order chi connectivity index (χ1) is 8.26. The summed E-state index contributed by atoms with van der Waals surface area (Å²) in [5.41, 5.74) is 6.97. The van der Waals surface area contributed by atoms with Crippen molar-refractivity contribution >= 4 is 0 Å². The lowest BCUT2D eigenvalue weighted by Gasteiger charge is -2.46. The molecule has 0 aliphatic heterocycles. The summed E-state index contributed by atoms with van der Waals surface area (Å²) in [5.74, 6) is 0. The zero-order valence-electron chi connectivity index (χ0n) is 12.8. The molecule has 2 aliphatic carbocycles. The first kappa shape index (κ1) is 14.3. The zero-order chi connectivity index (χ0) is 13.4. The highest BCUT2D eigenvalue weighted by molar-refractivity contribution is 4.94. The summed E-state index contributed by atoms with van der Waals surface area (Å²) in [6.45, 7) is 9.72.